The molecule has 0 aliphatic carbocycles. The van der Waals surface area contributed by atoms with E-state index in [0.717, 1.165) is 18.9 Å². The second-order valence-corrected chi connectivity index (χ2v) is 5.91. The number of rotatable bonds is 6. The summed E-state index contributed by atoms with van der Waals surface area (Å²) >= 11 is 5.63. The molecule has 0 aromatic carbocycles. The molecule has 8 heteroatoms. The Kier molecular flexibility index (Phi) is 5.39. The van der Waals surface area contributed by atoms with Crippen molar-refractivity contribution in [2.45, 2.75) is 31.6 Å². The van der Waals surface area contributed by atoms with Gasteiger partial charge in [-0.2, -0.15) is 0 Å². The van der Waals surface area contributed by atoms with E-state index >= 15 is 0 Å². The van der Waals surface area contributed by atoms with Gasteiger partial charge in [-0.3, -0.25) is 4.79 Å². The number of hydrogen-bond acceptors (Lipinski definition) is 4. The maximum Gasteiger partial charge on any atom is 0.289 e. The second kappa shape index (κ2) is 6.40. The van der Waals surface area contributed by atoms with Crippen molar-refractivity contribution in [2.75, 3.05) is 13.1 Å². The van der Waals surface area contributed by atoms with Crippen LogP contribution in [-0.4, -0.2) is 32.3 Å². The van der Waals surface area contributed by atoms with Gasteiger partial charge in [-0.1, -0.05) is 13.3 Å². The zero-order valence-electron chi connectivity index (χ0n) is 10.8. The number of hydrogen-bond donors (Lipinski definition) is 1. The van der Waals surface area contributed by atoms with E-state index in [9.17, 15) is 13.2 Å². The molecule has 108 valence electrons. The molecule has 6 nitrogen and oxygen atoms in total. The van der Waals surface area contributed by atoms with Crippen LogP contribution in [0.3, 0.4) is 0 Å². The standard InChI is InChI=1S/C11H17ClN2O4S/c1-3-5-6-14(4-2)11(15)8-7-9(10(12)18-8)19(13,16)17/h7H,3-6H2,1-2H3,(H2,13,16,17). The van der Waals surface area contributed by atoms with E-state index in [2.05, 4.69) is 0 Å². The zero-order valence-corrected chi connectivity index (χ0v) is 12.4. The third kappa shape index (κ3) is 3.95. The van der Waals surface area contributed by atoms with Crippen molar-refractivity contribution >= 4 is 27.5 Å². The molecule has 0 atom stereocenters. The summed E-state index contributed by atoms with van der Waals surface area (Å²) in [5, 5.41) is 4.57. The van der Waals surface area contributed by atoms with Crippen molar-refractivity contribution in [1.29, 1.82) is 0 Å². The molecule has 1 amide bonds. The lowest BCUT2D eigenvalue weighted by atomic mass is 10.3. The van der Waals surface area contributed by atoms with E-state index in [1.807, 2.05) is 13.8 Å². The summed E-state index contributed by atoms with van der Waals surface area (Å²) in [5.41, 5.74) is 0. The lowest BCUT2D eigenvalue weighted by molar-refractivity contribution is 0.0730. The minimum Gasteiger partial charge on any atom is -0.438 e. The number of halogens is 1. The van der Waals surface area contributed by atoms with E-state index in [-0.39, 0.29) is 10.7 Å². The zero-order chi connectivity index (χ0) is 14.6. The summed E-state index contributed by atoms with van der Waals surface area (Å²) in [7, 11) is -3.99. The normalized spacial score (nSPS) is 11.6. The molecule has 0 bridgehead atoms. The molecule has 0 saturated heterocycles. The Morgan fingerprint density at radius 3 is 2.53 bits per heavy atom. The SMILES string of the molecule is CCCCN(CC)C(=O)c1cc(S(N)(=O)=O)c(Cl)o1. The second-order valence-electron chi connectivity index (χ2n) is 4.03. The van der Waals surface area contributed by atoms with E-state index in [4.69, 9.17) is 21.2 Å². The first-order valence-electron chi connectivity index (χ1n) is 5.92. The summed E-state index contributed by atoms with van der Waals surface area (Å²) in [6.07, 6.45) is 1.81. The van der Waals surface area contributed by atoms with Gasteiger partial charge in [0.15, 0.2) is 5.76 Å². The number of carbonyl (C=O) groups excluding carboxylic acids is 1. The van der Waals surface area contributed by atoms with Crippen LogP contribution in [0.5, 0.6) is 0 Å². The molecular weight excluding hydrogens is 292 g/mol. The average molecular weight is 309 g/mol. The highest BCUT2D eigenvalue weighted by Crippen LogP contribution is 2.25. The van der Waals surface area contributed by atoms with E-state index < -0.39 is 21.1 Å². The predicted octanol–water partition coefficient (Wildman–Crippen LogP) is 1.84. The van der Waals surface area contributed by atoms with Gasteiger partial charge in [0.2, 0.25) is 15.2 Å². The van der Waals surface area contributed by atoms with Crippen LogP contribution in [0.25, 0.3) is 0 Å². The number of amides is 1. The number of carbonyl (C=O) groups is 1. The van der Waals surface area contributed by atoms with Gasteiger partial charge in [-0.05, 0) is 24.9 Å². The molecule has 1 heterocycles. The van der Waals surface area contributed by atoms with Gasteiger partial charge in [-0.25, -0.2) is 13.6 Å². The number of nitrogens with zero attached hydrogens (tertiary/aromatic N) is 1. The first-order chi connectivity index (χ1) is 8.81. The Hall–Kier alpha value is -1.05. The average Bonchev–Trinajstić information content (AvgIpc) is 2.72. The van der Waals surface area contributed by atoms with Crippen molar-refractivity contribution in [3.63, 3.8) is 0 Å². The Morgan fingerprint density at radius 2 is 2.11 bits per heavy atom. The molecule has 1 aromatic rings. The van der Waals surface area contributed by atoms with Crippen molar-refractivity contribution in [3.05, 3.63) is 17.0 Å². The van der Waals surface area contributed by atoms with Crippen LogP contribution in [0.2, 0.25) is 5.22 Å². The van der Waals surface area contributed by atoms with Crippen LogP contribution in [0.1, 0.15) is 37.2 Å². The Balaban J connectivity index is 3.00. The largest absolute Gasteiger partial charge is 0.438 e. The number of nitrogens with two attached hydrogens (primary N) is 1. The van der Waals surface area contributed by atoms with Gasteiger partial charge >= 0.3 is 0 Å². The molecule has 0 aliphatic heterocycles. The number of primary sulfonamides is 1. The third-order valence-corrected chi connectivity index (χ3v) is 3.93. The smallest absolute Gasteiger partial charge is 0.289 e. The highest BCUT2D eigenvalue weighted by atomic mass is 35.5. The predicted molar refractivity (Wildman–Crippen MR) is 71.6 cm³/mol. The molecule has 0 unspecified atom stereocenters. The summed E-state index contributed by atoms with van der Waals surface area (Å²) in [6.45, 7) is 4.93. The Bertz CT molecular complexity index is 553. The summed E-state index contributed by atoms with van der Waals surface area (Å²) in [5.74, 6) is -0.514. The number of sulfonamides is 1. The van der Waals surface area contributed by atoms with Gasteiger partial charge in [0.05, 0.1) is 0 Å². The lowest BCUT2D eigenvalue weighted by Gasteiger charge is -2.18. The highest BCUT2D eigenvalue weighted by Gasteiger charge is 2.24. The number of furan rings is 1. The fourth-order valence-corrected chi connectivity index (χ4v) is 2.56. The van der Waals surface area contributed by atoms with E-state index in [0.29, 0.717) is 13.1 Å². The van der Waals surface area contributed by atoms with Crippen molar-refractivity contribution in [3.8, 4) is 0 Å². The molecule has 0 fully saturated rings. The van der Waals surface area contributed by atoms with Crippen LogP contribution in [0.4, 0.5) is 0 Å². The van der Waals surface area contributed by atoms with Gasteiger partial charge in [0.25, 0.3) is 5.91 Å². The minimum atomic E-state index is -3.99. The first kappa shape index (κ1) is 16.0. The molecule has 0 aliphatic rings. The van der Waals surface area contributed by atoms with Gasteiger partial charge in [-0.15, -0.1) is 0 Å². The summed E-state index contributed by atoms with van der Waals surface area (Å²) < 4.78 is 27.4. The van der Waals surface area contributed by atoms with Crippen LogP contribution in [0.15, 0.2) is 15.4 Å². The fraction of sp³-hybridized carbons (Fsp3) is 0.545. The van der Waals surface area contributed by atoms with Gasteiger partial charge < -0.3 is 9.32 Å². The Labute approximate surface area is 117 Å². The molecule has 1 aromatic heterocycles. The summed E-state index contributed by atoms with van der Waals surface area (Å²) in [6, 6.07) is 1.06. The fourth-order valence-electron chi connectivity index (χ4n) is 1.56. The molecule has 0 radical (unpaired) electrons. The van der Waals surface area contributed by atoms with Crippen LogP contribution < -0.4 is 5.14 Å². The molecule has 1 rings (SSSR count). The molecule has 0 saturated carbocycles. The van der Waals surface area contributed by atoms with Crippen molar-refractivity contribution in [1.82, 2.24) is 4.90 Å². The van der Waals surface area contributed by atoms with Crippen LogP contribution >= 0.6 is 11.6 Å². The summed E-state index contributed by atoms with van der Waals surface area (Å²) in [4.78, 5) is 13.3. The maximum absolute atomic E-state index is 12.1. The molecule has 2 N–H and O–H groups in total. The maximum atomic E-state index is 12.1. The molecular formula is C11H17ClN2O4S. The van der Waals surface area contributed by atoms with Gasteiger partial charge in [0, 0.05) is 19.2 Å². The van der Waals surface area contributed by atoms with Crippen LogP contribution in [0, 0.1) is 0 Å². The van der Waals surface area contributed by atoms with E-state index in [1.165, 1.54) is 0 Å². The Morgan fingerprint density at radius 1 is 1.47 bits per heavy atom. The van der Waals surface area contributed by atoms with E-state index in [1.54, 1.807) is 4.90 Å². The van der Waals surface area contributed by atoms with Crippen molar-refractivity contribution < 1.29 is 17.6 Å². The highest BCUT2D eigenvalue weighted by molar-refractivity contribution is 7.89. The minimum absolute atomic E-state index is 0.119. The third-order valence-electron chi connectivity index (χ3n) is 2.62. The van der Waals surface area contributed by atoms with Crippen molar-refractivity contribution in [2.24, 2.45) is 5.14 Å². The first-order valence-corrected chi connectivity index (χ1v) is 7.85. The van der Waals surface area contributed by atoms with Crippen LogP contribution in [-0.2, 0) is 10.0 Å². The molecule has 19 heavy (non-hydrogen) atoms. The monoisotopic (exact) mass is 308 g/mol. The topological polar surface area (TPSA) is 93.6 Å². The molecule has 0 spiro atoms. The quantitative estimate of drug-likeness (QED) is 0.867. The van der Waals surface area contributed by atoms with Gasteiger partial charge in [0.1, 0.15) is 4.90 Å². The number of unbranched alkanes of at least 4 members (excludes halogenated alkanes) is 1. The lowest BCUT2D eigenvalue weighted by Crippen LogP contribution is -2.31.